The molecule has 0 radical (unpaired) electrons. The average Bonchev–Trinajstić information content (AvgIpc) is 2.48. The molecule has 1 aliphatic heterocycles. The van der Waals surface area contributed by atoms with Gasteiger partial charge >= 0.3 is 0 Å². The maximum atomic E-state index is 3.89. The largest absolute Gasteiger partial charge is 0.314 e. The summed E-state index contributed by atoms with van der Waals surface area (Å²) in [6.45, 7) is 9.58. The molecule has 1 aliphatic carbocycles. The molecule has 1 heterocycles. The van der Waals surface area contributed by atoms with E-state index in [2.05, 4.69) is 43.1 Å². The summed E-state index contributed by atoms with van der Waals surface area (Å²) in [7, 11) is 4.59. The van der Waals surface area contributed by atoms with E-state index in [-0.39, 0.29) is 0 Å². The molecule has 0 bridgehead atoms. The first-order valence-electron chi connectivity index (χ1n) is 9.22. The smallest absolute Gasteiger partial charge is 0.0235 e. The van der Waals surface area contributed by atoms with Crippen LogP contribution in [-0.4, -0.2) is 62.2 Å². The predicted molar refractivity (Wildman–Crippen MR) is 91.7 cm³/mol. The van der Waals surface area contributed by atoms with Crippen molar-refractivity contribution in [3.63, 3.8) is 0 Å². The van der Waals surface area contributed by atoms with Gasteiger partial charge in [0, 0.05) is 31.7 Å². The number of nitrogens with zero attached hydrogens (tertiary/aromatic N) is 2. The van der Waals surface area contributed by atoms with Crippen LogP contribution in [-0.2, 0) is 0 Å². The molecule has 2 unspecified atom stereocenters. The van der Waals surface area contributed by atoms with E-state index >= 15 is 0 Å². The van der Waals surface area contributed by atoms with Crippen LogP contribution in [0.4, 0.5) is 0 Å². The maximum absolute atomic E-state index is 3.89. The molecule has 2 aliphatic rings. The van der Waals surface area contributed by atoms with Gasteiger partial charge in [0.2, 0.25) is 0 Å². The van der Waals surface area contributed by atoms with E-state index in [1.165, 1.54) is 64.7 Å². The van der Waals surface area contributed by atoms with Gasteiger partial charge in [0.25, 0.3) is 0 Å². The second-order valence-corrected chi connectivity index (χ2v) is 7.71. The van der Waals surface area contributed by atoms with Crippen LogP contribution in [0.3, 0.4) is 0 Å². The van der Waals surface area contributed by atoms with Gasteiger partial charge in [-0.05, 0) is 58.2 Å². The summed E-state index contributed by atoms with van der Waals surface area (Å²) in [5.74, 6) is 1.87. The summed E-state index contributed by atoms with van der Waals surface area (Å²) in [6, 6.07) is 1.47. The standard InChI is InChI=1S/C18H37N3/c1-5-10-19-18(16-8-6-15(2)7-9-16)13-17-14-20(3)11-12-21(17)4/h15-19H,5-14H2,1-4H3. The molecule has 1 saturated carbocycles. The summed E-state index contributed by atoms with van der Waals surface area (Å²) < 4.78 is 0. The molecule has 2 atom stereocenters. The molecule has 0 spiro atoms. The molecule has 0 aromatic carbocycles. The molecule has 3 nitrogen and oxygen atoms in total. The highest BCUT2D eigenvalue weighted by atomic mass is 15.3. The Morgan fingerprint density at radius 2 is 1.81 bits per heavy atom. The van der Waals surface area contributed by atoms with Gasteiger partial charge in [-0.25, -0.2) is 0 Å². The van der Waals surface area contributed by atoms with Gasteiger partial charge in [0.1, 0.15) is 0 Å². The quantitative estimate of drug-likeness (QED) is 0.813. The van der Waals surface area contributed by atoms with E-state index in [1.807, 2.05) is 0 Å². The lowest BCUT2D eigenvalue weighted by Gasteiger charge is -2.42. The zero-order valence-corrected chi connectivity index (χ0v) is 14.8. The molecule has 0 amide bonds. The molecule has 1 saturated heterocycles. The zero-order chi connectivity index (χ0) is 15.2. The minimum absolute atomic E-state index is 0.733. The van der Waals surface area contributed by atoms with Crippen molar-refractivity contribution in [1.82, 2.24) is 15.1 Å². The van der Waals surface area contributed by atoms with Crippen LogP contribution >= 0.6 is 0 Å². The molecule has 0 aromatic heterocycles. The van der Waals surface area contributed by atoms with Gasteiger partial charge in [-0.15, -0.1) is 0 Å². The lowest BCUT2D eigenvalue weighted by molar-refractivity contribution is 0.0887. The van der Waals surface area contributed by atoms with E-state index in [9.17, 15) is 0 Å². The second kappa shape index (κ2) is 8.50. The van der Waals surface area contributed by atoms with E-state index < -0.39 is 0 Å². The first-order valence-corrected chi connectivity index (χ1v) is 9.22. The van der Waals surface area contributed by atoms with Gasteiger partial charge in [-0.2, -0.15) is 0 Å². The van der Waals surface area contributed by atoms with Crippen molar-refractivity contribution in [2.75, 3.05) is 40.3 Å². The Labute approximate surface area is 132 Å². The third kappa shape index (κ3) is 5.22. The maximum Gasteiger partial charge on any atom is 0.0235 e. The summed E-state index contributed by atoms with van der Waals surface area (Å²) in [5, 5.41) is 3.89. The zero-order valence-electron chi connectivity index (χ0n) is 14.8. The Morgan fingerprint density at radius 1 is 1.10 bits per heavy atom. The Hall–Kier alpha value is -0.120. The Bertz CT molecular complexity index is 286. The van der Waals surface area contributed by atoms with E-state index in [1.54, 1.807) is 0 Å². The minimum atomic E-state index is 0.733. The van der Waals surface area contributed by atoms with E-state index in [4.69, 9.17) is 0 Å². The van der Waals surface area contributed by atoms with Gasteiger partial charge in [0.15, 0.2) is 0 Å². The van der Waals surface area contributed by atoms with Crippen molar-refractivity contribution in [2.24, 2.45) is 11.8 Å². The van der Waals surface area contributed by atoms with Crippen LogP contribution in [0.1, 0.15) is 52.4 Å². The Morgan fingerprint density at radius 3 is 2.48 bits per heavy atom. The number of likely N-dealkylation sites (N-methyl/N-ethyl adjacent to an activating group) is 2. The Kier molecular flexibility index (Phi) is 6.97. The highest BCUT2D eigenvalue weighted by molar-refractivity contribution is 4.88. The fraction of sp³-hybridized carbons (Fsp3) is 1.00. The third-order valence-electron chi connectivity index (χ3n) is 5.79. The minimum Gasteiger partial charge on any atom is -0.314 e. The normalized spacial score (nSPS) is 34.0. The van der Waals surface area contributed by atoms with Gasteiger partial charge < -0.3 is 15.1 Å². The van der Waals surface area contributed by atoms with Crippen LogP contribution in [0.5, 0.6) is 0 Å². The number of piperazine rings is 1. The fourth-order valence-corrected chi connectivity index (χ4v) is 4.11. The van der Waals surface area contributed by atoms with Crippen LogP contribution < -0.4 is 5.32 Å². The molecular weight excluding hydrogens is 258 g/mol. The third-order valence-corrected chi connectivity index (χ3v) is 5.79. The van der Waals surface area contributed by atoms with Crippen molar-refractivity contribution in [3.8, 4) is 0 Å². The summed E-state index contributed by atoms with van der Waals surface area (Å²) in [5.41, 5.74) is 0. The molecule has 2 rings (SSSR count). The molecule has 124 valence electrons. The van der Waals surface area contributed by atoms with Crippen molar-refractivity contribution in [3.05, 3.63) is 0 Å². The monoisotopic (exact) mass is 295 g/mol. The average molecular weight is 296 g/mol. The molecule has 21 heavy (non-hydrogen) atoms. The number of hydrogen-bond donors (Lipinski definition) is 1. The van der Waals surface area contributed by atoms with Crippen LogP contribution in [0.2, 0.25) is 0 Å². The van der Waals surface area contributed by atoms with Crippen LogP contribution in [0.15, 0.2) is 0 Å². The number of nitrogens with one attached hydrogen (secondary N) is 1. The predicted octanol–water partition coefficient (Wildman–Crippen LogP) is 2.82. The second-order valence-electron chi connectivity index (χ2n) is 7.71. The van der Waals surface area contributed by atoms with Crippen molar-refractivity contribution >= 4 is 0 Å². The first-order chi connectivity index (χ1) is 10.1. The molecule has 1 N–H and O–H groups in total. The van der Waals surface area contributed by atoms with Crippen LogP contribution in [0, 0.1) is 11.8 Å². The number of rotatable bonds is 6. The van der Waals surface area contributed by atoms with Gasteiger partial charge in [0.05, 0.1) is 0 Å². The highest BCUT2D eigenvalue weighted by Crippen LogP contribution is 2.32. The van der Waals surface area contributed by atoms with Crippen molar-refractivity contribution < 1.29 is 0 Å². The molecule has 3 heteroatoms. The summed E-state index contributed by atoms with van der Waals surface area (Å²) in [4.78, 5) is 5.09. The lowest BCUT2D eigenvalue weighted by Crippen LogP contribution is -2.53. The Balaban J connectivity index is 1.91. The summed E-state index contributed by atoms with van der Waals surface area (Å²) >= 11 is 0. The summed E-state index contributed by atoms with van der Waals surface area (Å²) in [6.07, 6.45) is 8.34. The highest BCUT2D eigenvalue weighted by Gasteiger charge is 2.30. The van der Waals surface area contributed by atoms with Crippen LogP contribution in [0.25, 0.3) is 0 Å². The van der Waals surface area contributed by atoms with E-state index in [0.717, 1.165) is 23.9 Å². The van der Waals surface area contributed by atoms with Gasteiger partial charge in [-0.3, -0.25) is 0 Å². The molecule has 2 fully saturated rings. The topological polar surface area (TPSA) is 18.5 Å². The molecular formula is C18H37N3. The fourth-order valence-electron chi connectivity index (χ4n) is 4.11. The SMILES string of the molecule is CCCNC(CC1CN(C)CCN1C)C1CCC(C)CC1. The van der Waals surface area contributed by atoms with Crippen molar-refractivity contribution in [2.45, 2.75) is 64.5 Å². The lowest BCUT2D eigenvalue weighted by atomic mass is 9.77. The van der Waals surface area contributed by atoms with E-state index in [0.29, 0.717) is 0 Å². The number of hydrogen-bond acceptors (Lipinski definition) is 3. The molecule has 0 aromatic rings. The van der Waals surface area contributed by atoms with Gasteiger partial charge in [-0.1, -0.05) is 26.7 Å². The van der Waals surface area contributed by atoms with Crippen molar-refractivity contribution in [1.29, 1.82) is 0 Å². The first kappa shape index (κ1) is 17.2.